The fourth-order valence-corrected chi connectivity index (χ4v) is 3.17. The van der Waals surface area contributed by atoms with Crippen LogP contribution in [0.2, 0.25) is 0 Å². The highest BCUT2D eigenvalue weighted by Crippen LogP contribution is 2.24. The van der Waals surface area contributed by atoms with Crippen LogP contribution in [0, 0.1) is 0 Å². The Morgan fingerprint density at radius 3 is 1.65 bits per heavy atom. The molecule has 0 saturated carbocycles. The molecule has 1 saturated heterocycles. The minimum atomic E-state index is -0.822. The number of anilines is 1. The third kappa shape index (κ3) is 14.7. The van der Waals surface area contributed by atoms with Crippen LogP contribution >= 0.6 is 11.8 Å². The maximum atomic E-state index is 12.4. The molecule has 1 fully saturated rings. The summed E-state index contributed by atoms with van der Waals surface area (Å²) in [4.78, 5) is 43.8. The third-order valence-corrected chi connectivity index (χ3v) is 4.82. The molecule has 3 amide bonds. The second-order valence-corrected chi connectivity index (χ2v) is 11.9. The number of hydrogen-bond acceptors (Lipinski definition) is 8. The summed E-state index contributed by atoms with van der Waals surface area (Å²) in [5.41, 5.74) is -1.84. The van der Waals surface area contributed by atoms with E-state index in [0.29, 0.717) is 0 Å². The first-order chi connectivity index (χ1) is 16.9. The highest BCUT2D eigenvalue weighted by molar-refractivity contribution is 7.98. The Morgan fingerprint density at radius 1 is 0.838 bits per heavy atom. The fourth-order valence-electron chi connectivity index (χ4n) is 2.75. The summed E-state index contributed by atoms with van der Waals surface area (Å²) < 4.78 is 15.8. The van der Waals surface area contributed by atoms with Gasteiger partial charge in [-0.25, -0.2) is 19.4 Å². The average molecular weight is 542 g/mol. The third-order valence-electron chi connectivity index (χ3n) is 4.09. The van der Waals surface area contributed by atoms with Crippen molar-refractivity contribution in [3.8, 4) is 0 Å². The molecule has 0 aliphatic carbocycles. The van der Waals surface area contributed by atoms with E-state index in [9.17, 15) is 14.4 Å². The number of carbonyl (C=O) groups is 3. The highest BCUT2D eigenvalue weighted by Gasteiger charge is 2.33. The molecular weight excluding hydrogens is 494 g/mol. The van der Waals surface area contributed by atoms with Crippen LogP contribution < -0.4 is 4.90 Å². The van der Waals surface area contributed by atoms with Crippen molar-refractivity contribution in [3.63, 3.8) is 0 Å². The molecule has 1 aliphatic heterocycles. The zero-order valence-corrected chi connectivity index (χ0v) is 25.6. The fraction of sp³-hybridized carbons (Fsp3) is 0.704. The number of amides is 3. The molecule has 1 aliphatic rings. The lowest BCUT2D eigenvalue weighted by molar-refractivity contribution is 0.0293. The van der Waals surface area contributed by atoms with Crippen molar-refractivity contribution in [2.45, 2.75) is 111 Å². The van der Waals surface area contributed by atoms with E-state index in [-0.39, 0.29) is 17.5 Å². The molecule has 0 radical (unpaired) electrons. The number of thioether (sulfide) groups is 1. The summed E-state index contributed by atoms with van der Waals surface area (Å²) >= 11 is 1.48. The summed E-state index contributed by atoms with van der Waals surface area (Å²) in [5, 5.41) is 0. The standard InChI is InChI=1S/C16H24N2O4S.C9H17NO2.C2H6/c1-15(2,3)21-13(19)18(14(20)22-16(4,5)6)12-10-11(23-7)8-9-17-12;1-9(2,3)12-8(11)10-6-4-5-7-10;1-2/h8-10H,1-7H3;4-7H2,1-3H3;1-2H3. The number of rotatable bonds is 2. The Bertz CT molecular complexity index is 838. The van der Waals surface area contributed by atoms with Gasteiger partial charge in [0, 0.05) is 24.2 Å². The smallest absolute Gasteiger partial charge is 0.425 e. The largest absolute Gasteiger partial charge is 0.444 e. The number of carbonyl (C=O) groups excluding carboxylic acids is 3. The Morgan fingerprint density at radius 2 is 1.27 bits per heavy atom. The van der Waals surface area contributed by atoms with Gasteiger partial charge in [0.15, 0.2) is 0 Å². The van der Waals surface area contributed by atoms with Gasteiger partial charge in [-0.15, -0.1) is 11.8 Å². The topological polar surface area (TPSA) is 98.3 Å². The van der Waals surface area contributed by atoms with E-state index in [2.05, 4.69) is 4.98 Å². The predicted octanol–water partition coefficient (Wildman–Crippen LogP) is 7.52. The van der Waals surface area contributed by atoms with Crippen LogP contribution in [0.1, 0.15) is 89.0 Å². The normalized spacial score (nSPS) is 13.4. The summed E-state index contributed by atoms with van der Waals surface area (Å²) in [5.74, 6) is 0.167. The molecule has 9 nitrogen and oxygen atoms in total. The summed E-state index contributed by atoms with van der Waals surface area (Å²) in [7, 11) is 0. The van der Waals surface area contributed by atoms with E-state index in [1.807, 2.05) is 40.9 Å². The molecule has 212 valence electrons. The first-order valence-corrected chi connectivity index (χ1v) is 13.9. The molecule has 10 heteroatoms. The van der Waals surface area contributed by atoms with Gasteiger partial charge in [-0.05, 0) is 93.5 Å². The van der Waals surface area contributed by atoms with E-state index in [1.54, 1.807) is 58.6 Å². The van der Waals surface area contributed by atoms with Crippen molar-refractivity contribution in [2.24, 2.45) is 0 Å². The number of pyridine rings is 1. The van der Waals surface area contributed by atoms with Gasteiger partial charge < -0.3 is 19.1 Å². The number of hydrogen-bond donors (Lipinski definition) is 0. The first kappa shape index (κ1) is 34.5. The van der Waals surface area contributed by atoms with E-state index in [4.69, 9.17) is 14.2 Å². The average Bonchev–Trinajstić information content (AvgIpc) is 3.27. The second-order valence-electron chi connectivity index (χ2n) is 11.0. The molecule has 1 aromatic rings. The maximum absolute atomic E-state index is 12.4. The van der Waals surface area contributed by atoms with Gasteiger partial charge in [-0.1, -0.05) is 13.8 Å². The maximum Gasteiger partial charge on any atom is 0.425 e. The lowest BCUT2D eigenvalue weighted by Gasteiger charge is -2.28. The summed E-state index contributed by atoms with van der Waals surface area (Å²) in [6.07, 6.45) is 3.83. The number of ether oxygens (including phenoxy) is 3. The Labute approximate surface area is 227 Å². The number of likely N-dealkylation sites (tertiary alicyclic amines) is 1. The molecule has 2 heterocycles. The molecule has 0 atom stereocenters. The van der Waals surface area contributed by atoms with Crippen molar-refractivity contribution < 1.29 is 28.6 Å². The molecule has 0 bridgehead atoms. The van der Waals surface area contributed by atoms with Crippen LogP contribution in [0.3, 0.4) is 0 Å². The van der Waals surface area contributed by atoms with E-state index in [1.165, 1.54) is 18.0 Å². The molecule has 2 rings (SSSR count). The Kier molecular flexibility index (Phi) is 14.0. The minimum Gasteiger partial charge on any atom is -0.444 e. The van der Waals surface area contributed by atoms with Crippen LogP contribution in [0.5, 0.6) is 0 Å². The molecule has 0 unspecified atom stereocenters. The lowest BCUT2D eigenvalue weighted by Crippen LogP contribution is -2.44. The SMILES string of the molecule is CC.CC(C)(C)OC(=O)N1CCCC1.CSc1ccnc(N(C(=O)OC(C)(C)C)C(=O)OC(C)(C)C)c1. The zero-order valence-electron chi connectivity index (χ0n) is 24.8. The Hall–Kier alpha value is -2.49. The van der Waals surface area contributed by atoms with Gasteiger partial charge in [0.25, 0.3) is 0 Å². The van der Waals surface area contributed by atoms with E-state index < -0.39 is 23.4 Å². The molecule has 0 spiro atoms. The predicted molar refractivity (Wildman–Crippen MR) is 149 cm³/mol. The Balaban J connectivity index is 0.000000775. The summed E-state index contributed by atoms with van der Waals surface area (Å²) in [6.45, 7) is 21.7. The van der Waals surface area contributed by atoms with Crippen LogP contribution in [-0.4, -0.2) is 64.3 Å². The molecular formula is C27H47N3O6S. The molecule has 1 aromatic heterocycles. The van der Waals surface area contributed by atoms with Crippen LogP contribution in [0.4, 0.5) is 20.2 Å². The van der Waals surface area contributed by atoms with Crippen molar-refractivity contribution in [1.82, 2.24) is 9.88 Å². The van der Waals surface area contributed by atoms with Crippen LogP contribution in [0.15, 0.2) is 23.2 Å². The van der Waals surface area contributed by atoms with Crippen LogP contribution in [-0.2, 0) is 14.2 Å². The van der Waals surface area contributed by atoms with Gasteiger partial charge in [0.1, 0.15) is 22.6 Å². The van der Waals surface area contributed by atoms with Crippen molar-refractivity contribution >= 4 is 35.9 Å². The van der Waals surface area contributed by atoms with Crippen molar-refractivity contribution in [1.29, 1.82) is 0 Å². The highest BCUT2D eigenvalue weighted by atomic mass is 32.2. The van der Waals surface area contributed by atoms with Gasteiger partial charge in [-0.2, -0.15) is 4.90 Å². The van der Waals surface area contributed by atoms with Gasteiger partial charge in [0.2, 0.25) is 0 Å². The van der Waals surface area contributed by atoms with Gasteiger partial charge >= 0.3 is 18.3 Å². The molecule has 0 aromatic carbocycles. The number of aromatic nitrogens is 1. The second kappa shape index (κ2) is 15.1. The molecule has 0 N–H and O–H groups in total. The number of nitrogens with zero attached hydrogens (tertiary/aromatic N) is 3. The van der Waals surface area contributed by atoms with E-state index in [0.717, 1.165) is 35.7 Å². The first-order valence-electron chi connectivity index (χ1n) is 12.7. The van der Waals surface area contributed by atoms with Gasteiger partial charge in [0.05, 0.1) is 0 Å². The van der Waals surface area contributed by atoms with E-state index >= 15 is 0 Å². The van der Waals surface area contributed by atoms with Gasteiger partial charge in [-0.3, -0.25) is 0 Å². The monoisotopic (exact) mass is 541 g/mol. The number of imide groups is 1. The molecule has 37 heavy (non-hydrogen) atoms. The van der Waals surface area contributed by atoms with Crippen LogP contribution in [0.25, 0.3) is 0 Å². The van der Waals surface area contributed by atoms with Crippen molar-refractivity contribution in [2.75, 3.05) is 24.2 Å². The quantitative estimate of drug-likeness (QED) is 0.280. The van der Waals surface area contributed by atoms with Crippen molar-refractivity contribution in [3.05, 3.63) is 18.3 Å². The lowest BCUT2D eigenvalue weighted by atomic mass is 10.2. The zero-order chi connectivity index (χ0) is 29.0. The summed E-state index contributed by atoms with van der Waals surface area (Å²) in [6, 6.07) is 3.43. The minimum absolute atomic E-state index is 0.167.